The number of carbonyl (C=O) groups excluding carboxylic acids is 2. The van der Waals surface area contributed by atoms with E-state index in [1.807, 2.05) is 50.2 Å². The summed E-state index contributed by atoms with van der Waals surface area (Å²) in [5, 5.41) is 0. The fourth-order valence-electron chi connectivity index (χ4n) is 4.68. The van der Waals surface area contributed by atoms with Gasteiger partial charge in [-0.25, -0.2) is 14.0 Å². The van der Waals surface area contributed by atoms with Gasteiger partial charge in [0.05, 0.1) is 18.8 Å². The third-order valence-corrected chi connectivity index (χ3v) is 7.65. The van der Waals surface area contributed by atoms with Crippen LogP contribution in [0.2, 0.25) is 0 Å². The number of esters is 2. The maximum Gasteiger partial charge on any atom is 0.344 e. The molecule has 1 unspecified atom stereocenters. The zero-order valence-electron chi connectivity index (χ0n) is 26.0. The number of unbranched alkanes of at least 4 members (excludes halogenated alkanes) is 9. The Labute approximate surface area is 256 Å². The van der Waals surface area contributed by atoms with E-state index in [4.69, 9.17) is 14.2 Å². The summed E-state index contributed by atoms with van der Waals surface area (Å²) < 4.78 is 31.1. The zero-order chi connectivity index (χ0) is 30.9. The van der Waals surface area contributed by atoms with Crippen LogP contribution in [0.15, 0.2) is 66.7 Å². The summed E-state index contributed by atoms with van der Waals surface area (Å²) in [6, 6.07) is 18.7. The van der Waals surface area contributed by atoms with Gasteiger partial charge in [0.25, 0.3) is 0 Å². The van der Waals surface area contributed by atoms with E-state index in [0.29, 0.717) is 0 Å². The molecule has 3 aromatic rings. The van der Waals surface area contributed by atoms with Crippen molar-refractivity contribution in [1.29, 1.82) is 0 Å². The Morgan fingerprint density at radius 2 is 1.30 bits per heavy atom. The standard InChI is InChI=1S/C37H47FO5/c1-4-6-7-8-9-10-11-12-13-14-26-41-32-24-22-30(23-25-32)29-18-20-31(21-19-29)36(39)43-34-17-15-16-33(38)35(34)37(40)42-27-28(3)5-2/h15-25,28H,4-14,26-27H2,1-3H3. The second-order valence-corrected chi connectivity index (χ2v) is 11.2. The molecule has 232 valence electrons. The van der Waals surface area contributed by atoms with Crippen molar-refractivity contribution < 1.29 is 28.2 Å². The van der Waals surface area contributed by atoms with Crippen molar-refractivity contribution in [2.75, 3.05) is 13.2 Å². The van der Waals surface area contributed by atoms with Gasteiger partial charge in [-0.3, -0.25) is 0 Å². The molecule has 0 radical (unpaired) electrons. The summed E-state index contributed by atoms with van der Waals surface area (Å²) in [6.45, 7) is 7.04. The molecule has 0 fully saturated rings. The van der Waals surface area contributed by atoms with E-state index in [1.165, 1.54) is 69.9 Å². The second kappa shape index (κ2) is 18.8. The van der Waals surface area contributed by atoms with E-state index in [2.05, 4.69) is 6.92 Å². The highest BCUT2D eigenvalue weighted by molar-refractivity contribution is 5.96. The van der Waals surface area contributed by atoms with Crippen LogP contribution in [0.5, 0.6) is 11.5 Å². The third kappa shape index (κ3) is 11.5. The molecule has 0 aliphatic heterocycles. The molecule has 0 amide bonds. The number of rotatable bonds is 19. The molecule has 0 heterocycles. The lowest BCUT2D eigenvalue weighted by Gasteiger charge is -2.13. The Hall–Kier alpha value is -3.67. The third-order valence-electron chi connectivity index (χ3n) is 7.65. The van der Waals surface area contributed by atoms with Crippen LogP contribution >= 0.6 is 0 Å². The first-order chi connectivity index (χ1) is 20.9. The van der Waals surface area contributed by atoms with Gasteiger partial charge in [0, 0.05) is 0 Å². The minimum absolute atomic E-state index is 0.137. The van der Waals surface area contributed by atoms with E-state index >= 15 is 0 Å². The van der Waals surface area contributed by atoms with Crippen molar-refractivity contribution >= 4 is 11.9 Å². The average molecular weight is 591 g/mol. The van der Waals surface area contributed by atoms with Crippen LogP contribution in [0, 0.1) is 11.7 Å². The summed E-state index contributed by atoms with van der Waals surface area (Å²) in [6.07, 6.45) is 13.8. The molecule has 0 saturated carbocycles. The first kappa shape index (κ1) is 33.8. The summed E-state index contributed by atoms with van der Waals surface area (Å²) >= 11 is 0. The molecule has 0 saturated heterocycles. The van der Waals surface area contributed by atoms with Gasteiger partial charge in [0.2, 0.25) is 0 Å². The Bertz CT molecular complexity index is 1250. The van der Waals surface area contributed by atoms with Gasteiger partial charge in [-0.05, 0) is 59.9 Å². The predicted molar refractivity (Wildman–Crippen MR) is 170 cm³/mol. The fraction of sp³-hybridized carbons (Fsp3) is 0.459. The second-order valence-electron chi connectivity index (χ2n) is 11.2. The monoisotopic (exact) mass is 590 g/mol. The summed E-state index contributed by atoms with van der Waals surface area (Å²) in [5.41, 5.74) is 1.81. The van der Waals surface area contributed by atoms with Crippen LogP contribution in [0.25, 0.3) is 11.1 Å². The normalized spacial score (nSPS) is 11.6. The number of benzene rings is 3. The average Bonchev–Trinajstić information content (AvgIpc) is 3.02. The van der Waals surface area contributed by atoms with E-state index in [0.717, 1.165) is 42.4 Å². The van der Waals surface area contributed by atoms with E-state index < -0.39 is 17.8 Å². The molecule has 1 atom stereocenters. The predicted octanol–water partition coefficient (Wildman–Crippen LogP) is 10.2. The molecule has 0 aliphatic rings. The van der Waals surface area contributed by atoms with Gasteiger partial charge >= 0.3 is 11.9 Å². The van der Waals surface area contributed by atoms with Crippen molar-refractivity contribution in [3.05, 3.63) is 83.7 Å². The number of halogens is 1. The van der Waals surface area contributed by atoms with Gasteiger partial charge < -0.3 is 14.2 Å². The van der Waals surface area contributed by atoms with Gasteiger partial charge in [0.15, 0.2) is 0 Å². The number of hydrogen-bond acceptors (Lipinski definition) is 5. The Morgan fingerprint density at radius 1 is 0.721 bits per heavy atom. The molecule has 0 aromatic heterocycles. The van der Waals surface area contributed by atoms with Gasteiger partial charge in [-0.1, -0.05) is 115 Å². The van der Waals surface area contributed by atoms with Crippen molar-refractivity contribution in [3.63, 3.8) is 0 Å². The SMILES string of the molecule is CCCCCCCCCCCCOc1ccc(-c2ccc(C(=O)Oc3cccc(F)c3C(=O)OCC(C)CC)cc2)cc1. The Kier molecular flexibility index (Phi) is 14.8. The highest BCUT2D eigenvalue weighted by Gasteiger charge is 2.22. The van der Waals surface area contributed by atoms with Gasteiger partial charge in [-0.2, -0.15) is 0 Å². The number of ether oxygens (including phenoxy) is 3. The quantitative estimate of drug-likeness (QED) is 0.0790. The molecular formula is C37H47FO5. The van der Waals surface area contributed by atoms with Crippen LogP contribution in [-0.4, -0.2) is 25.2 Å². The van der Waals surface area contributed by atoms with Crippen LogP contribution in [0.4, 0.5) is 4.39 Å². The first-order valence-electron chi connectivity index (χ1n) is 15.9. The van der Waals surface area contributed by atoms with Crippen molar-refractivity contribution in [2.45, 2.75) is 91.4 Å². The first-order valence-corrected chi connectivity index (χ1v) is 15.9. The van der Waals surface area contributed by atoms with Crippen LogP contribution in [-0.2, 0) is 4.74 Å². The number of hydrogen-bond donors (Lipinski definition) is 0. The lowest BCUT2D eigenvalue weighted by Crippen LogP contribution is -2.16. The fourth-order valence-corrected chi connectivity index (χ4v) is 4.68. The topological polar surface area (TPSA) is 61.8 Å². The van der Waals surface area contributed by atoms with Gasteiger partial charge in [0.1, 0.15) is 22.9 Å². The van der Waals surface area contributed by atoms with Crippen molar-refractivity contribution in [1.82, 2.24) is 0 Å². The minimum atomic E-state index is -0.854. The lowest BCUT2D eigenvalue weighted by molar-refractivity contribution is 0.0436. The summed E-state index contributed by atoms with van der Waals surface area (Å²) in [4.78, 5) is 25.4. The smallest absolute Gasteiger partial charge is 0.344 e. The molecule has 0 spiro atoms. The highest BCUT2D eigenvalue weighted by atomic mass is 19.1. The molecule has 0 aliphatic carbocycles. The summed E-state index contributed by atoms with van der Waals surface area (Å²) in [5.74, 6) is -1.54. The van der Waals surface area contributed by atoms with E-state index in [-0.39, 0.29) is 29.4 Å². The summed E-state index contributed by atoms with van der Waals surface area (Å²) in [7, 11) is 0. The van der Waals surface area contributed by atoms with E-state index in [1.54, 1.807) is 12.1 Å². The van der Waals surface area contributed by atoms with Crippen molar-refractivity contribution in [2.24, 2.45) is 5.92 Å². The molecule has 43 heavy (non-hydrogen) atoms. The largest absolute Gasteiger partial charge is 0.494 e. The highest BCUT2D eigenvalue weighted by Crippen LogP contribution is 2.26. The molecule has 3 rings (SSSR count). The maximum atomic E-state index is 14.5. The molecule has 6 heteroatoms. The van der Waals surface area contributed by atoms with Crippen molar-refractivity contribution in [3.8, 4) is 22.6 Å². The lowest BCUT2D eigenvalue weighted by atomic mass is 10.0. The molecule has 5 nitrogen and oxygen atoms in total. The van der Waals surface area contributed by atoms with Crippen LogP contribution < -0.4 is 9.47 Å². The zero-order valence-corrected chi connectivity index (χ0v) is 26.0. The molecule has 0 N–H and O–H groups in total. The molecular weight excluding hydrogens is 543 g/mol. The van der Waals surface area contributed by atoms with Crippen LogP contribution in [0.1, 0.15) is 112 Å². The number of carbonyl (C=O) groups is 2. The molecule has 3 aromatic carbocycles. The van der Waals surface area contributed by atoms with Crippen LogP contribution in [0.3, 0.4) is 0 Å². The molecule has 0 bridgehead atoms. The Morgan fingerprint density at radius 3 is 1.91 bits per heavy atom. The minimum Gasteiger partial charge on any atom is -0.494 e. The van der Waals surface area contributed by atoms with E-state index in [9.17, 15) is 14.0 Å². The van der Waals surface area contributed by atoms with Gasteiger partial charge in [-0.15, -0.1) is 0 Å². The Balaban J connectivity index is 1.46. The maximum absolute atomic E-state index is 14.5.